The van der Waals surface area contributed by atoms with Crippen molar-refractivity contribution in [2.24, 2.45) is 0 Å². The number of aromatic nitrogens is 4. The second kappa shape index (κ2) is 5.71. The van der Waals surface area contributed by atoms with Gasteiger partial charge in [0.2, 0.25) is 0 Å². The van der Waals surface area contributed by atoms with Crippen LogP contribution in [0.25, 0.3) is 0 Å². The quantitative estimate of drug-likeness (QED) is 0.689. The molecule has 19 heavy (non-hydrogen) atoms. The van der Waals surface area contributed by atoms with Crippen molar-refractivity contribution in [2.75, 3.05) is 6.54 Å². The molecule has 8 nitrogen and oxygen atoms in total. The molecular weight excluding hydrogens is 250 g/mol. The fourth-order valence-electron chi connectivity index (χ4n) is 1.44. The number of aromatic amines is 1. The third kappa shape index (κ3) is 3.35. The van der Waals surface area contributed by atoms with Gasteiger partial charge in [-0.2, -0.15) is 5.10 Å². The monoisotopic (exact) mass is 261 g/mol. The van der Waals surface area contributed by atoms with Crippen LogP contribution < -0.4 is 5.32 Å². The molecule has 0 atom stereocenters. The van der Waals surface area contributed by atoms with Crippen molar-refractivity contribution in [1.29, 1.82) is 0 Å². The van der Waals surface area contributed by atoms with E-state index >= 15 is 0 Å². The maximum absolute atomic E-state index is 11.8. The lowest BCUT2D eigenvalue weighted by molar-refractivity contribution is 0.0690. The van der Waals surface area contributed by atoms with Crippen molar-refractivity contribution in [3.63, 3.8) is 0 Å². The van der Waals surface area contributed by atoms with Crippen molar-refractivity contribution in [3.05, 3.63) is 41.7 Å². The summed E-state index contributed by atoms with van der Waals surface area (Å²) in [5.41, 5.74) is 0.0906. The van der Waals surface area contributed by atoms with E-state index in [1.54, 1.807) is 0 Å². The van der Waals surface area contributed by atoms with E-state index in [-0.39, 0.29) is 17.2 Å². The Kier molecular flexibility index (Phi) is 3.81. The van der Waals surface area contributed by atoms with Crippen LogP contribution in [0.2, 0.25) is 0 Å². The van der Waals surface area contributed by atoms with Gasteiger partial charge in [0, 0.05) is 24.7 Å². The van der Waals surface area contributed by atoms with Gasteiger partial charge in [-0.05, 0) is 12.1 Å². The standard InChI is InChI=1S/C11H11N5O3/c17-10(13-4-2-9-14-6-15-16-9)7-1-3-12-8(5-7)11(18)19/h1,3,5-6H,2,4H2,(H,13,17)(H,18,19)(H,14,15,16). The number of rotatable bonds is 5. The van der Waals surface area contributed by atoms with Crippen molar-refractivity contribution >= 4 is 11.9 Å². The zero-order valence-corrected chi connectivity index (χ0v) is 9.83. The van der Waals surface area contributed by atoms with Crippen LogP contribution in [-0.4, -0.2) is 43.7 Å². The Hall–Kier alpha value is -2.77. The average Bonchev–Trinajstić information content (AvgIpc) is 2.92. The van der Waals surface area contributed by atoms with Crippen molar-refractivity contribution in [2.45, 2.75) is 6.42 Å². The molecule has 2 aromatic rings. The normalized spacial score (nSPS) is 10.1. The molecule has 0 saturated heterocycles. The zero-order valence-electron chi connectivity index (χ0n) is 9.83. The molecule has 0 aliphatic heterocycles. The molecule has 8 heteroatoms. The molecule has 98 valence electrons. The first-order valence-electron chi connectivity index (χ1n) is 5.48. The number of hydrogen-bond acceptors (Lipinski definition) is 5. The number of H-pyrrole nitrogens is 1. The Morgan fingerprint density at radius 2 is 2.21 bits per heavy atom. The number of hydrogen-bond donors (Lipinski definition) is 3. The number of pyridine rings is 1. The predicted octanol–water partition coefficient (Wildman–Crippen LogP) is -0.130. The molecule has 0 fully saturated rings. The van der Waals surface area contributed by atoms with Crippen LogP contribution in [0.1, 0.15) is 26.7 Å². The number of amides is 1. The Morgan fingerprint density at radius 3 is 2.89 bits per heavy atom. The maximum Gasteiger partial charge on any atom is 0.354 e. The van der Waals surface area contributed by atoms with Gasteiger partial charge >= 0.3 is 5.97 Å². The topological polar surface area (TPSA) is 121 Å². The minimum atomic E-state index is -1.17. The van der Waals surface area contributed by atoms with Gasteiger partial charge in [0.25, 0.3) is 5.91 Å². The van der Waals surface area contributed by atoms with Crippen molar-refractivity contribution in [1.82, 2.24) is 25.5 Å². The summed E-state index contributed by atoms with van der Waals surface area (Å²) in [6.07, 6.45) is 3.19. The number of carbonyl (C=O) groups is 2. The summed E-state index contributed by atoms with van der Waals surface area (Å²) in [4.78, 5) is 30.1. The molecule has 0 radical (unpaired) electrons. The number of aromatic carboxylic acids is 1. The molecule has 2 rings (SSSR count). The molecule has 2 heterocycles. The Labute approximate surface area is 107 Å². The zero-order chi connectivity index (χ0) is 13.7. The highest BCUT2D eigenvalue weighted by Gasteiger charge is 2.10. The van der Waals surface area contributed by atoms with Gasteiger partial charge < -0.3 is 10.4 Å². The summed E-state index contributed by atoms with van der Waals surface area (Å²) in [7, 11) is 0. The lowest BCUT2D eigenvalue weighted by Gasteiger charge is -2.04. The largest absolute Gasteiger partial charge is 0.477 e. The molecular formula is C11H11N5O3. The van der Waals surface area contributed by atoms with Crippen LogP contribution in [0.15, 0.2) is 24.7 Å². The number of nitrogens with one attached hydrogen (secondary N) is 2. The first-order valence-corrected chi connectivity index (χ1v) is 5.48. The second-order valence-corrected chi connectivity index (χ2v) is 3.67. The smallest absolute Gasteiger partial charge is 0.354 e. The van der Waals surface area contributed by atoms with E-state index in [4.69, 9.17) is 5.11 Å². The van der Waals surface area contributed by atoms with E-state index in [1.165, 1.54) is 24.7 Å². The molecule has 1 amide bonds. The fourth-order valence-corrected chi connectivity index (χ4v) is 1.44. The number of nitrogens with zero attached hydrogens (tertiary/aromatic N) is 3. The van der Waals surface area contributed by atoms with E-state index in [0.29, 0.717) is 18.8 Å². The van der Waals surface area contributed by atoms with Gasteiger partial charge in [-0.15, -0.1) is 0 Å². The summed E-state index contributed by atoms with van der Waals surface area (Å²) in [6.45, 7) is 0.374. The van der Waals surface area contributed by atoms with E-state index in [1.807, 2.05) is 0 Å². The van der Waals surface area contributed by atoms with Gasteiger partial charge in [0.1, 0.15) is 17.8 Å². The van der Waals surface area contributed by atoms with Gasteiger partial charge in [-0.25, -0.2) is 14.8 Å². The first kappa shape index (κ1) is 12.7. The Morgan fingerprint density at radius 1 is 1.37 bits per heavy atom. The first-order chi connectivity index (χ1) is 9.16. The maximum atomic E-state index is 11.8. The van der Waals surface area contributed by atoms with Crippen LogP contribution in [0, 0.1) is 0 Å². The van der Waals surface area contributed by atoms with Gasteiger partial charge in [0.15, 0.2) is 0 Å². The average molecular weight is 261 g/mol. The lowest BCUT2D eigenvalue weighted by atomic mass is 10.2. The summed E-state index contributed by atoms with van der Waals surface area (Å²) >= 11 is 0. The highest BCUT2D eigenvalue weighted by atomic mass is 16.4. The molecule has 3 N–H and O–H groups in total. The van der Waals surface area contributed by atoms with E-state index < -0.39 is 5.97 Å². The summed E-state index contributed by atoms with van der Waals surface area (Å²) in [5, 5.41) is 17.8. The van der Waals surface area contributed by atoms with Crippen LogP contribution in [0.4, 0.5) is 0 Å². The molecule has 0 aliphatic carbocycles. The lowest BCUT2D eigenvalue weighted by Crippen LogP contribution is -2.26. The van der Waals surface area contributed by atoms with Crippen LogP contribution in [0.3, 0.4) is 0 Å². The van der Waals surface area contributed by atoms with E-state index in [9.17, 15) is 9.59 Å². The minimum absolute atomic E-state index is 0.164. The molecule has 0 aromatic carbocycles. The van der Waals surface area contributed by atoms with Gasteiger partial charge in [-0.1, -0.05) is 0 Å². The Balaban J connectivity index is 1.92. The molecule has 0 aliphatic rings. The fraction of sp³-hybridized carbons (Fsp3) is 0.182. The molecule has 0 saturated carbocycles. The van der Waals surface area contributed by atoms with E-state index in [0.717, 1.165) is 0 Å². The highest BCUT2D eigenvalue weighted by Crippen LogP contribution is 2.02. The van der Waals surface area contributed by atoms with Gasteiger partial charge in [-0.3, -0.25) is 9.89 Å². The van der Waals surface area contributed by atoms with Crippen molar-refractivity contribution < 1.29 is 14.7 Å². The molecule has 0 spiro atoms. The van der Waals surface area contributed by atoms with Crippen LogP contribution >= 0.6 is 0 Å². The van der Waals surface area contributed by atoms with Crippen LogP contribution in [0.5, 0.6) is 0 Å². The Bertz CT molecular complexity index is 582. The predicted molar refractivity (Wildman–Crippen MR) is 63.6 cm³/mol. The minimum Gasteiger partial charge on any atom is -0.477 e. The van der Waals surface area contributed by atoms with Gasteiger partial charge in [0.05, 0.1) is 0 Å². The molecule has 0 bridgehead atoms. The number of carboxylic acid groups (broad SMARTS) is 1. The molecule has 0 unspecified atom stereocenters. The van der Waals surface area contributed by atoms with Crippen LogP contribution in [-0.2, 0) is 6.42 Å². The highest BCUT2D eigenvalue weighted by molar-refractivity contribution is 5.96. The number of carboxylic acids is 1. The summed E-state index contributed by atoms with van der Waals surface area (Å²) in [5.74, 6) is -0.859. The summed E-state index contributed by atoms with van der Waals surface area (Å²) < 4.78 is 0. The van der Waals surface area contributed by atoms with Crippen molar-refractivity contribution in [3.8, 4) is 0 Å². The third-order valence-electron chi connectivity index (χ3n) is 2.35. The summed E-state index contributed by atoms with van der Waals surface area (Å²) in [6, 6.07) is 2.68. The molecule has 2 aromatic heterocycles. The second-order valence-electron chi connectivity index (χ2n) is 3.67. The third-order valence-corrected chi connectivity index (χ3v) is 2.35. The van der Waals surface area contributed by atoms with E-state index in [2.05, 4.69) is 25.5 Å². The number of carbonyl (C=O) groups excluding carboxylic acids is 1. The SMILES string of the molecule is O=C(NCCc1ncn[nH]1)c1ccnc(C(=O)O)c1.